The van der Waals surface area contributed by atoms with Gasteiger partial charge in [-0.1, -0.05) is 18.2 Å². The smallest absolute Gasteiger partial charge is 0.124 e. The number of para-hydroxylation sites is 1. The van der Waals surface area contributed by atoms with Crippen molar-refractivity contribution in [2.45, 2.75) is 31.0 Å². The van der Waals surface area contributed by atoms with Gasteiger partial charge in [0.15, 0.2) is 0 Å². The Morgan fingerprint density at radius 2 is 1.72 bits per heavy atom. The van der Waals surface area contributed by atoms with E-state index in [0.29, 0.717) is 43.3 Å². The first-order chi connectivity index (χ1) is 17.5. The molecule has 3 aliphatic rings. The number of allylic oxidation sites excluding steroid dienone is 1. The summed E-state index contributed by atoms with van der Waals surface area (Å²) in [7, 11) is 0. The first-order valence-corrected chi connectivity index (χ1v) is 12.6. The van der Waals surface area contributed by atoms with Crippen molar-refractivity contribution in [2.75, 3.05) is 44.3 Å². The molecular formula is C27H36N6O3. The average molecular weight is 493 g/mol. The highest BCUT2D eigenvalue weighted by Crippen LogP contribution is 2.33. The molecule has 192 valence electrons. The van der Waals surface area contributed by atoms with Crippen LogP contribution in [0.5, 0.6) is 11.5 Å². The van der Waals surface area contributed by atoms with Crippen LogP contribution in [-0.4, -0.2) is 67.6 Å². The highest BCUT2D eigenvalue weighted by Gasteiger charge is 2.39. The quantitative estimate of drug-likeness (QED) is 0.380. The molecule has 9 nitrogen and oxygen atoms in total. The number of nitrogens with zero attached hydrogens (tertiary/aromatic N) is 2. The lowest BCUT2D eigenvalue weighted by molar-refractivity contribution is 0.0254. The molecule has 8 N–H and O–H groups in total. The van der Waals surface area contributed by atoms with Gasteiger partial charge < -0.3 is 46.9 Å². The van der Waals surface area contributed by atoms with Crippen LogP contribution in [0.2, 0.25) is 0 Å². The van der Waals surface area contributed by atoms with Gasteiger partial charge in [-0.05, 0) is 56.3 Å². The molecule has 3 fully saturated rings. The maximum atomic E-state index is 10.2. The normalized spacial score (nSPS) is 22.8. The summed E-state index contributed by atoms with van der Waals surface area (Å²) in [5.74, 6) is 1.21. The number of piperazine rings is 1. The highest BCUT2D eigenvalue weighted by atomic mass is 16.5. The van der Waals surface area contributed by atoms with E-state index in [1.165, 1.54) is 0 Å². The number of ether oxygens (including phenoxy) is 2. The molecule has 3 aliphatic heterocycles. The summed E-state index contributed by atoms with van der Waals surface area (Å²) in [5.41, 5.74) is 21.3. The van der Waals surface area contributed by atoms with Gasteiger partial charge >= 0.3 is 0 Å². The molecule has 0 spiro atoms. The standard InChI is InChI=1S/C27H36N6O3/c28-24(23-6-1-2-7-26(23)34)13-25(27(29)30)32-14-19-16-35-17-20(15-32)33(19)18-4-3-5-22(12-18)36-21-8-10-31-11-9-21/h1-7,12-13,19-21,31,34H,8-11,14-17,28-30H2/b24-13-. The van der Waals surface area contributed by atoms with Crippen molar-refractivity contribution in [3.8, 4) is 11.5 Å². The SMILES string of the molecule is NC(N)=C(/C=C(\N)c1ccccc1O)N1CC2COCC(C1)N2c1cccc(OC2CCNCC2)c1. The van der Waals surface area contributed by atoms with Crippen molar-refractivity contribution in [3.63, 3.8) is 0 Å². The summed E-state index contributed by atoms with van der Waals surface area (Å²) >= 11 is 0. The average Bonchev–Trinajstić information content (AvgIpc) is 2.87. The van der Waals surface area contributed by atoms with Crippen LogP contribution in [0.4, 0.5) is 5.69 Å². The van der Waals surface area contributed by atoms with Crippen molar-refractivity contribution < 1.29 is 14.6 Å². The number of nitrogens with two attached hydrogens (primary N) is 3. The number of phenols is 1. The summed E-state index contributed by atoms with van der Waals surface area (Å²) in [4.78, 5) is 4.61. The largest absolute Gasteiger partial charge is 0.507 e. The lowest BCUT2D eigenvalue weighted by Crippen LogP contribution is -2.64. The number of piperidine rings is 1. The first kappa shape index (κ1) is 24.1. The number of morpholine rings is 1. The second-order valence-corrected chi connectivity index (χ2v) is 9.68. The zero-order valence-electron chi connectivity index (χ0n) is 20.5. The third-order valence-electron chi connectivity index (χ3n) is 7.12. The van der Waals surface area contributed by atoms with E-state index < -0.39 is 0 Å². The third-order valence-corrected chi connectivity index (χ3v) is 7.12. The monoisotopic (exact) mass is 492 g/mol. The maximum absolute atomic E-state index is 10.2. The minimum absolute atomic E-state index is 0.112. The van der Waals surface area contributed by atoms with Crippen LogP contribution in [0.1, 0.15) is 18.4 Å². The van der Waals surface area contributed by atoms with Crippen molar-refractivity contribution in [3.05, 3.63) is 71.7 Å². The molecule has 0 aromatic heterocycles. The molecule has 3 saturated heterocycles. The van der Waals surface area contributed by atoms with Crippen LogP contribution >= 0.6 is 0 Å². The molecule has 3 heterocycles. The zero-order chi connectivity index (χ0) is 25.1. The van der Waals surface area contributed by atoms with Gasteiger partial charge in [-0.15, -0.1) is 0 Å². The second kappa shape index (κ2) is 10.6. The number of anilines is 1. The van der Waals surface area contributed by atoms with E-state index in [1.54, 1.807) is 24.3 Å². The predicted octanol–water partition coefficient (Wildman–Crippen LogP) is 1.50. The topological polar surface area (TPSA) is 135 Å². The fourth-order valence-electron chi connectivity index (χ4n) is 5.41. The van der Waals surface area contributed by atoms with Crippen molar-refractivity contribution in [1.29, 1.82) is 0 Å². The summed E-state index contributed by atoms with van der Waals surface area (Å²) < 4.78 is 12.2. The van der Waals surface area contributed by atoms with Gasteiger partial charge in [0, 0.05) is 36.1 Å². The van der Waals surface area contributed by atoms with E-state index in [9.17, 15) is 5.11 Å². The lowest BCUT2D eigenvalue weighted by atomic mass is 10.0. The van der Waals surface area contributed by atoms with Gasteiger partial charge in [0.25, 0.3) is 0 Å². The van der Waals surface area contributed by atoms with Crippen LogP contribution in [0, 0.1) is 0 Å². The number of hydrogen-bond acceptors (Lipinski definition) is 9. The fourth-order valence-corrected chi connectivity index (χ4v) is 5.41. The van der Waals surface area contributed by atoms with Gasteiger partial charge in [0.05, 0.1) is 31.0 Å². The van der Waals surface area contributed by atoms with Gasteiger partial charge in [-0.2, -0.15) is 0 Å². The lowest BCUT2D eigenvalue weighted by Gasteiger charge is -2.52. The molecule has 5 rings (SSSR count). The summed E-state index contributed by atoms with van der Waals surface area (Å²) in [6.45, 7) is 4.54. The molecular weight excluding hydrogens is 456 g/mol. The van der Waals surface area contributed by atoms with Crippen LogP contribution in [0.3, 0.4) is 0 Å². The Labute approximate surface area is 212 Å². The Kier molecular flexibility index (Phi) is 7.11. The molecule has 0 aliphatic carbocycles. The Balaban J connectivity index is 1.35. The minimum atomic E-state index is 0.112. The Hall–Kier alpha value is -3.56. The molecule has 2 unspecified atom stereocenters. The van der Waals surface area contributed by atoms with E-state index in [2.05, 4.69) is 33.3 Å². The molecule has 2 bridgehead atoms. The molecule has 0 saturated carbocycles. The minimum Gasteiger partial charge on any atom is -0.507 e. The Morgan fingerprint density at radius 1 is 1.00 bits per heavy atom. The summed E-state index contributed by atoms with van der Waals surface area (Å²) in [6.07, 6.45) is 4.05. The van der Waals surface area contributed by atoms with Crippen molar-refractivity contribution in [1.82, 2.24) is 10.2 Å². The molecule has 0 amide bonds. The van der Waals surface area contributed by atoms with Gasteiger partial charge in [-0.25, -0.2) is 0 Å². The van der Waals surface area contributed by atoms with Crippen molar-refractivity contribution >= 4 is 11.4 Å². The van der Waals surface area contributed by atoms with Gasteiger partial charge in [-0.3, -0.25) is 0 Å². The third kappa shape index (κ3) is 5.17. The molecule has 2 aromatic rings. The number of aromatic hydroxyl groups is 1. The number of fused-ring (bicyclic) bond motifs is 2. The second-order valence-electron chi connectivity index (χ2n) is 9.68. The van der Waals surface area contributed by atoms with Crippen LogP contribution in [-0.2, 0) is 4.74 Å². The van der Waals surface area contributed by atoms with Crippen LogP contribution in [0.25, 0.3) is 5.70 Å². The van der Waals surface area contributed by atoms with Gasteiger partial charge in [0.1, 0.15) is 23.4 Å². The predicted molar refractivity (Wildman–Crippen MR) is 141 cm³/mol. The highest BCUT2D eigenvalue weighted by molar-refractivity contribution is 5.70. The molecule has 9 heteroatoms. The maximum Gasteiger partial charge on any atom is 0.124 e. The summed E-state index contributed by atoms with van der Waals surface area (Å²) in [6, 6.07) is 15.6. The van der Waals surface area contributed by atoms with E-state index in [0.717, 1.165) is 37.4 Å². The number of phenolic OH excluding ortho intramolecular Hbond substituents is 1. The van der Waals surface area contributed by atoms with E-state index in [1.807, 2.05) is 12.1 Å². The van der Waals surface area contributed by atoms with Gasteiger partial charge in [0.2, 0.25) is 0 Å². The van der Waals surface area contributed by atoms with E-state index in [-0.39, 0.29) is 29.8 Å². The fraction of sp³-hybridized carbons (Fsp3) is 0.407. The molecule has 0 radical (unpaired) electrons. The first-order valence-electron chi connectivity index (χ1n) is 12.6. The summed E-state index contributed by atoms with van der Waals surface area (Å²) in [5, 5.41) is 13.6. The van der Waals surface area contributed by atoms with Crippen LogP contribution < -0.4 is 32.2 Å². The number of benzene rings is 2. The van der Waals surface area contributed by atoms with E-state index >= 15 is 0 Å². The number of nitrogens with one attached hydrogen (secondary N) is 1. The molecule has 2 aromatic carbocycles. The zero-order valence-corrected chi connectivity index (χ0v) is 20.5. The number of hydrogen-bond donors (Lipinski definition) is 5. The van der Waals surface area contributed by atoms with E-state index in [4.69, 9.17) is 26.7 Å². The number of rotatable bonds is 6. The van der Waals surface area contributed by atoms with Crippen LogP contribution in [0.15, 0.2) is 66.1 Å². The Morgan fingerprint density at radius 3 is 2.42 bits per heavy atom. The molecule has 36 heavy (non-hydrogen) atoms. The molecule has 2 atom stereocenters. The Bertz CT molecular complexity index is 1110. The van der Waals surface area contributed by atoms with Crippen molar-refractivity contribution in [2.24, 2.45) is 17.2 Å².